The number of hydrogen-bond acceptors (Lipinski definition) is 2. The topological polar surface area (TPSA) is 21.3 Å². The van der Waals surface area contributed by atoms with Crippen LogP contribution < -0.4 is 5.32 Å². The maximum atomic E-state index is 11.9. The molecule has 2 atom stereocenters. The molecule has 0 radical (unpaired) electrons. The molecule has 0 bridgehead atoms. The molecule has 1 aliphatic carbocycles. The van der Waals surface area contributed by atoms with E-state index in [0.717, 1.165) is 32.2 Å². The summed E-state index contributed by atoms with van der Waals surface area (Å²) in [7, 11) is 1.87. The fraction of sp³-hybridized carbons (Fsp3) is 1.00. The summed E-state index contributed by atoms with van der Waals surface area (Å²) in [5.74, 6) is 0.321. The summed E-state index contributed by atoms with van der Waals surface area (Å²) >= 11 is 0. The Balaban J connectivity index is 2.26. The minimum Gasteiger partial charge on any atom is -0.320 e. The molecule has 1 N–H and O–H groups in total. The highest BCUT2D eigenvalue weighted by Gasteiger charge is 2.29. The second-order valence-electron chi connectivity index (χ2n) is 3.52. The highest BCUT2D eigenvalue weighted by molar-refractivity contribution is 4.78. The van der Waals surface area contributed by atoms with Crippen molar-refractivity contribution < 1.29 is 13.5 Å². The average Bonchev–Trinajstić information content (AvgIpc) is 2.48. The zero-order chi connectivity index (χ0) is 9.68. The van der Waals surface area contributed by atoms with Crippen LogP contribution in [-0.4, -0.2) is 26.3 Å². The average molecular weight is 193 g/mol. The van der Waals surface area contributed by atoms with Crippen LogP contribution in [0.3, 0.4) is 0 Å². The SMILES string of the molecule is CNCCC1CCCC1OC(F)F. The van der Waals surface area contributed by atoms with Crippen LogP contribution in [-0.2, 0) is 4.74 Å². The Kier molecular flexibility index (Phi) is 4.59. The van der Waals surface area contributed by atoms with Crippen LogP contribution in [0.1, 0.15) is 25.7 Å². The summed E-state index contributed by atoms with van der Waals surface area (Å²) in [5, 5.41) is 3.03. The highest BCUT2D eigenvalue weighted by Crippen LogP contribution is 2.31. The van der Waals surface area contributed by atoms with Crippen molar-refractivity contribution in [2.24, 2.45) is 5.92 Å². The van der Waals surface area contributed by atoms with E-state index in [-0.39, 0.29) is 6.10 Å². The second-order valence-corrected chi connectivity index (χ2v) is 3.52. The molecule has 1 aliphatic rings. The minimum absolute atomic E-state index is 0.214. The zero-order valence-corrected chi connectivity index (χ0v) is 7.93. The number of ether oxygens (including phenoxy) is 1. The van der Waals surface area contributed by atoms with E-state index >= 15 is 0 Å². The summed E-state index contributed by atoms with van der Waals surface area (Å²) in [6, 6.07) is 0. The zero-order valence-electron chi connectivity index (χ0n) is 7.93. The van der Waals surface area contributed by atoms with Crippen LogP contribution in [0.4, 0.5) is 8.78 Å². The molecule has 4 heteroatoms. The van der Waals surface area contributed by atoms with Gasteiger partial charge in [-0.15, -0.1) is 0 Å². The van der Waals surface area contributed by atoms with Gasteiger partial charge < -0.3 is 10.1 Å². The number of rotatable bonds is 5. The Morgan fingerprint density at radius 3 is 2.85 bits per heavy atom. The third kappa shape index (κ3) is 3.56. The second kappa shape index (κ2) is 5.50. The van der Waals surface area contributed by atoms with Crippen LogP contribution >= 0.6 is 0 Å². The summed E-state index contributed by atoms with van der Waals surface area (Å²) < 4.78 is 28.4. The molecule has 0 saturated heterocycles. The molecule has 0 heterocycles. The Labute approximate surface area is 77.6 Å². The maximum absolute atomic E-state index is 11.9. The molecule has 2 unspecified atom stereocenters. The van der Waals surface area contributed by atoms with Gasteiger partial charge in [-0.25, -0.2) is 0 Å². The van der Waals surface area contributed by atoms with Gasteiger partial charge in [0.1, 0.15) is 0 Å². The normalized spacial score (nSPS) is 28.6. The maximum Gasteiger partial charge on any atom is 0.345 e. The van der Waals surface area contributed by atoms with Gasteiger partial charge in [-0.1, -0.05) is 6.42 Å². The van der Waals surface area contributed by atoms with E-state index < -0.39 is 6.61 Å². The third-order valence-electron chi connectivity index (χ3n) is 2.63. The molecule has 0 aromatic rings. The predicted octanol–water partition coefficient (Wildman–Crippen LogP) is 2.00. The van der Waals surface area contributed by atoms with Crippen LogP contribution in [0.15, 0.2) is 0 Å². The lowest BCUT2D eigenvalue weighted by molar-refractivity contribution is -0.171. The molecule has 2 nitrogen and oxygen atoms in total. The van der Waals surface area contributed by atoms with Crippen LogP contribution in [0.25, 0.3) is 0 Å². The fourth-order valence-corrected chi connectivity index (χ4v) is 1.97. The van der Waals surface area contributed by atoms with Crippen molar-refractivity contribution in [2.45, 2.75) is 38.4 Å². The largest absolute Gasteiger partial charge is 0.345 e. The van der Waals surface area contributed by atoms with E-state index in [9.17, 15) is 8.78 Å². The quantitative estimate of drug-likeness (QED) is 0.721. The van der Waals surface area contributed by atoms with E-state index in [1.54, 1.807) is 0 Å². The van der Waals surface area contributed by atoms with Crippen LogP contribution in [0, 0.1) is 5.92 Å². The molecule has 0 aromatic heterocycles. The lowest BCUT2D eigenvalue weighted by Gasteiger charge is -2.19. The van der Waals surface area contributed by atoms with E-state index in [1.807, 2.05) is 7.05 Å². The number of hydrogen-bond donors (Lipinski definition) is 1. The third-order valence-corrected chi connectivity index (χ3v) is 2.63. The lowest BCUT2D eigenvalue weighted by Crippen LogP contribution is -2.24. The van der Waals surface area contributed by atoms with Crippen molar-refractivity contribution >= 4 is 0 Å². The summed E-state index contributed by atoms with van der Waals surface area (Å²) in [5.41, 5.74) is 0. The minimum atomic E-state index is -2.61. The van der Waals surface area contributed by atoms with Gasteiger partial charge in [0.15, 0.2) is 0 Å². The fourth-order valence-electron chi connectivity index (χ4n) is 1.97. The molecule has 1 saturated carbocycles. The van der Waals surface area contributed by atoms with E-state index in [1.165, 1.54) is 0 Å². The molecule has 0 amide bonds. The molecule has 0 aromatic carbocycles. The Morgan fingerprint density at radius 1 is 1.46 bits per heavy atom. The smallest absolute Gasteiger partial charge is 0.320 e. The van der Waals surface area contributed by atoms with Crippen molar-refractivity contribution in [3.8, 4) is 0 Å². The summed E-state index contributed by atoms with van der Waals surface area (Å²) in [6.07, 6.45) is 3.56. The van der Waals surface area contributed by atoms with Crippen molar-refractivity contribution in [3.63, 3.8) is 0 Å². The number of alkyl halides is 2. The van der Waals surface area contributed by atoms with Crippen molar-refractivity contribution in [2.75, 3.05) is 13.6 Å². The van der Waals surface area contributed by atoms with Gasteiger partial charge in [0.25, 0.3) is 0 Å². The molecule has 1 rings (SSSR count). The van der Waals surface area contributed by atoms with Gasteiger partial charge >= 0.3 is 6.61 Å². The lowest BCUT2D eigenvalue weighted by atomic mass is 10.0. The predicted molar refractivity (Wildman–Crippen MR) is 46.8 cm³/mol. The molecule has 1 fully saturated rings. The molecule has 78 valence electrons. The van der Waals surface area contributed by atoms with Gasteiger partial charge in [0.05, 0.1) is 6.10 Å². The van der Waals surface area contributed by atoms with Gasteiger partial charge in [0, 0.05) is 0 Å². The summed E-state index contributed by atoms with van der Waals surface area (Å²) in [4.78, 5) is 0. The van der Waals surface area contributed by atoms with Gasteiger partial charge in [-0.05, 0) is 38.8 Å². The highest BCUT2D eigenvalue weighted by atomic mass is 19.3. The van der Waals surface area contributed by atoms with Gasteiger partial charge in [-0.2, -0.15) is 8.78 Å². The first kappa shape index (κ1) is 10.9. The van der Waals surface area contributed by atoms with E-state index in [4.69, 9.17) is 0 Å². The standard InChI is InChI=1S/C9H17F2NO/c1-12-6-5-7-3-2-4-8(7)13-9(10)11/h7-9,12H,2-6H2,1H3. The molecule has 0 spiro atoms. The first-order valence-electron chi connectivity index (χ1n) is 4.82. The Bertz CT molecular complexity index is 144. The van der Waals surface area contributed by atoms with Crippen LogP contribution in [0.2, 0.25) is 0 Å². The van der Waals surface area contributed by atoms with Crippen molar-refractivity contribution in [1.29, 1.82) is 0 Å². The summed E-state index contributed by atoms with van der Waals surface area (Å²) in [6.45, 7) is -1.73. The first-order chi connectivity index (χ1) is 6.24. The molecule has 0 aliphatic heterocycles. The first-order valence-corrected chi connectivity index (χ1v) is 4.82. The monoisotopic (exact) mass is 193 g/mol. The number of halogens is 2. The van der Waals surface area contributed by atoms with Gasteiger partial charge in [-0.3, -0.25) is 0 Å². The van der Waals surface area contributed by atoms with Crippen LogP contribution in [0.5, 0.6) is 0 Å². The van der Waals surface area contributed by atoms with Crippen molar-refractivity contribution in [3.05, 3.63) is 0 Å². The number of nitrogens with one attached hydrogen (secondary N) is 1. The molecular weight excluding hydrogens is 176 g/mol. The van der Waals surface area contributed by atoms with E-state index in [2.05, 4.69) is 10.1 Å². The Morgan fingerprint density at radius 2 is 2.23 bits per heavy atom. The van der Waals surface area contributed by atoms with Gasteiger partial charge in [0.2, 0.25) is 0 Å². The van der Waals surface area contributed by atoms with E-state index in [0.29, 0.717) is 5.92 Å². The molecular formula is C9H17F2NO. The Hall–Kier alpha value is -0.220. The molecule has 13 heavy (non-hydrogen) atoms. The van der Waals surface area contributed by atoms with Crippen molar-refractivity contribution in [1.82, 2.24) is 5.32 Å².